The highest BCUT2D eigenvalue weighted by molar-refractivity contribution is 5.49. The average Bonchev–Trinajstić information content (AvgIpc) is 2.89. The molecular weight excluding hydrogens is 266 g/mol. The van der Waals surface area contributed by atoms with E-state index in [2.05, 4.69) is 11.0 Å². The third-order valence-corrected chi connectivity index (χ3v) is 4.79. The maximum atomic E-state index is 10.1. The van der Waals surface area contributed by atoms with Gasteiger partial charge in [0.25, 0.3) is 0 Å². The van der Waals surface area contributed by atoms with Crippen LogP contribution in [0.3, 0.4) is 0 Å². The van der Waals surface area contributed by atoms with E-state index in [1.165, 1.54) is 0 Å². The highest BCUT2D eigenvalue weighted by Gasteiger charge is 2.45. The highest BCUT2D eigenvalue weighted by atomic mass is 16.5. The van der Waals surface area contributed by atoms with Crippen LogP contribution in [-0.4, -0.2) is 43.9 Å². The molecule has 1 saturated heterocycles. The van der Waals surface area contributed by atoms with Crippen molar-refractivity contribution in [3.8, 4) is 11.5 Å². The topological polar surface area (TPSA) is 41.9 Å². The Balaban J connectivity index is 2.14. The third-order valence-electron chi connectivity index (χ3n) is 4.79. The molecule has 4 nitrogen and oxygen atoms in total. The lowest BCUT2D eigenvalue weighted by Gasteiger charge is -2.37. The van der Waals surface area contributed by atoms with Crippen molar-refractivity contribution in [3.05, 3.63) is 35.5 Å². The summed E-state index contributed by atoms with van der Waals surface area (Å²) in [5, 5.41) is 10.1. The Morgan fingerprint density at radius 1 is 1.29 bits per heavy atom. The Bertz CT molecular complexity index is 616. The van der Waals surface area contributed by atoms with Crippen LogP contribution < -0.4 is 9.47 Å². The minimum Gasteiger partial charge on any atom is -0.493 e. The summed E-state index contributed by atoms with van der Waals surface area (Å²) in [6.45, 7) is 0.902. The van der Waals surface area contributed by atoms with Gasteiger partial charge in [0.1, 0.15) is 0 Å². The largest absolute Gasteiger partial charge is 0.493 e. The average molecular weight is 290 g/mol. The predicted octanol–water partition coefficient (Wildman–Crippen LogP) is 2.32. The van der Waals surface area contributed by atoms with Crippen LogP contribution in [0.25, 0.3) is 0 Å². The number of aliphatic hydroxyl groups excluding tert-OH is 1. The van der Waals surface area contributed by atoms with Crippen LogP contribution in [-0.2, 0) is 5.41 Å². The number of methoxy groups -OCH3 is 2. The monoisotopic (exact) mass is 290 g/mol. The number of hydrogen-bond acceptors (Lipinski definition) is 4. The lowest BCUT2D eigenvalue weighted by Crippen LogP contribution is -2.33. The van der Waals surface area contributed by atoms with E-state index in [4.69, 9.17) is 10.8 Å². The molecule has 1 aliphatic heterocycles. The lowest BCUT2D eigenvalue weighted by atomic mass is 9.70. The van der Waals surface area contributed by atoms with Gasteiger partial charge in [-0.1, -0.05) is 6.07 Å². The minimum absolute atomic E-state index is 0.190. The molecule has 0 amide bonds. The quantitative estimate of drug-likeness (QED) is 0.927. The summed E-state index contributed by atoms with van der Waals surface area (Å²) in [6, 6.07) is 6.36. The number of benzene rings is 1. The number of fused-ring (bicyclic) bond motifs is 1. The Hall–Kier alpha value is -1.68. The summed E-state index contributed by atoms with van der Waals surface area (Å²) in [5.41, 5.74) is 1.91. The van der Waals surface area contributed by atoms with Crippen LogP contribution >= 0.6 is 0 Å². The van der Waals surface area contributed by atoms with Gasteiger partial charge < -0.3 is 19.5 Å². The van der Waals surface area contributed by atoms with Crippen molar-refractivity contribution in [1.82, 2.24) is 4.90 Å². The molecule has 1 fully saturated rings. The van der Waals surface area contributed by atoms with E-state index in [0.29, 0.717) is 24.0 Å². The standard InChI is InChI=1S/C17H23NO3/c1-18-9-8-17(7-6-13(19)11-16(17)18)12-4-5-14(20-2)15(10-12)21-3/h4-5,10-11,13,19H,6-9H2,1-3H3/t13-,17-/m0/s1/i11D. The first-order chi connectivity index (χ1) is 10.5. The maximum absolute atomic E-state index is 10.1. The molecule has 1 aromatic rings. The number of rotatable bonds is 3. The van der Waals surface area contributed by atoms with Gasteiger partial charge in [0.2, 0.25) is 0 Å². The molecule has 1 aliphatic carbocycles. The van der Waals surface area contributed by atoms with Gasteiger partial charge in [-0.25, -0.2) is 0 Å². The van der Waals surface area contributed by atoms with E-state index in [9.17, 15) is 5.11 Å². The Kier molecular flexibility index (Phi) is 3.26. The fourth-order valence-corrected chi connectivity index (χ4v) is 3.62. The molecule has 0 spiro atoms. The van der Waals surface area contributed by atoms with E-state index in [-0.39, 0.29) is 5.41 Å². The molecule has 0 saturated carbocycles. The van der Waals surface area contributed by atoms with E-state index in [1.807, 2.05) is 19.2 Å². The first kappa shape index (κ1) is 13.0. The molecule has 114 valence electrons. The number of aliphatic hydroxyl groups is 1. The number of likely N-dealkylation sites (tertiary alicyclic amines) is 1. The van der Waals surface area contributed by atoms with Crippen LogP contribution in [0.1, 0.15) is 26.2 Å². The van der Waals surface area contributed by atoms with Crippen LogP contribution in [0.5, 0.6) is 11.5 Å². The molecule has 4 heteroatoms. The van der Waals surface area contributed by atoms with Crippen molar-refractivity contribution < 1.29 is 16.0 Å². The van der Waals surface area contributed by atoms with Crippen molar-refractivity contribution >= 4 is 0 Å². The van der Waals surface area contributed by atoms with Gasteiger partial charge in [0.05, 0.1) is 21.7 Å². The van der Waals surface area contributed by atoms with Gasteiger partial charge in [-0.15, -0.1) is 0 Å². The Morgan fingerprint density at radius 2 is 2.05 bits per heavy atom. The molecular formula is C17H23NO3. The normalized spacial score (nSPS) is 29.2. The predicted molar refractivity (Wildman–Crippen MR) is 81.8 cm³/mol. The number of hydrogen-bond donors (Lipinski definition) is 1. The summed E-state index contributed by atoms with van der Waals surface area (Å²) >= 11 is 0. The van der Waals surface area contributed by atoms with Crippen molar-refractivity contribution in [2.75, 3.05) is 27.8 Å². The first-order valence-corrected chi connectivity index (χ1v) is 7.36. The molecule has 0 bridgehead atoms. The van der Waals surface area contributed by atoms with E-state index < -0.39 is 6.10 Å². The summed E-state index contributed by atoms with van der Waals surface area (Å²) in [5.74, 6) is 1.42. The molecule has 1 aromatic carbocycles. The zero-order valence-corrected chi connectivity index (χ0v) is 12.8. The number of allylic oxidation sites excluding steroid dienone is 1. The fraction of sp³-hybridized carbons (Fsp3) is 0.529. The number of nitrogens with zero attached hydrogens (tertiary/aromatic N) is 1. The van der Waals surface area contributed by atoms with E-state index in [0.717, 1.165) is 30.6 Å². The number of ether oxygens (including phenoxy) is 2. The molecule has 2 atom stereocenters. The summed E-state index contributed by atoms with van der Waals surface area (Å²) in [6.07, 6.45) is 1.79. The van der Waals surface area contributed by atoms with Crippen LogP contribution in [0, 0.1) is 0 Å². The molecule has 21 heavy (non-hydrogen) atoms. The van der Waals surface area contributed by atoms with Crippen molar-refractivity contribution in [1.29, 1.82) is 0 Å². The van der Waals surface area contributed by atoms with Gasteiger partial charge >= 0.3 is 0 Å². The fourth-order valence-electron chi connectivity index (χ4n) is 3.62. The summed E-state index contributed by atoms with van der Waals surface area (Å²) in [7, 11) is 5.27. The number of likely N-dealkylation sites (N-methyl/N-ethyl adjacent to an activating group) is 1. The molecule has 3 rings (SSSR count). The second kappa shape index (κ2) is 5.26. The van der Waals surface area contributed by atoms with Crippen LogP contribution in [0.4, 0.5) is 0 Å². The minimum atomic E-state index is -0.649. The van der Waals surface area contributed by atoms with E-state index >= 15 is 0 Å². The molecule has 1 N–H and O–H groups in total. The van der Waals surface area contributed by atoms with Gasteiger partial charge in [-0.3, -0.25) is 0 Å². The van der Waals surface area contributed by atoms with Gasteiger partial charge in [-0.2, -0.15) is 0 Å². The van der Waals surface area contributed by atoms with Crippen LogP contribution in [0.2, 0.25) is 0 Å². The Labute approximate surface area is 127 Å². The Morgan fingerprint density at radius 3 is 2.76 bits per heavy atom. The van der Waals surface area contributed by atoms with Crippen molar-refractivity contribution in [3.63, 3.8) is 0 Å². The van der Waals surface area contributed by atoms with Crippen molar-refractivity contribution in [2.24, 2.45) is 0 Å². The van der Waals surface area contributed by atoms with Crippen molar-refractivity contribution in [2.45, 2.75) is 30.8 Å². The molecule has 2 aliphatic rings. The van der Waals surface area contributed by atoms with Gasteiger partial charge in [-0.05, 0) is 43.0 Å². The summed E-state index contributed by atoms with van der Waals surface area (Å²) in [4.78, 5) is 2.11. The van der Waals surface area contributed by atoms with Gasteiger partial charge in [0, 0.05) is 24.7 Å². The summed E-state index contributed by atoms with van der Waals surface area (Å²) < 4.78 is 19.1. The van der Waals surface area contributed by atoms with Crippen LogP contribution in [0.15, 0.2) is 29.9 Å². The zero-order chi connectivity index (χ0) is 15.9. The van der Waals surface area contributed by atoms with E-state index in [1.54, 1.807) is 14.2 Å². The third kappa shape index (κ3) is 2.18. The second-order valence-electron chi connectivity index (χ2n) is 5.87. The first-order valence-electron chi connectivity index (χ1n) is 7.86. The molecule has 0 unspecified atom stereocenters. The second-order valence-corrected chi connectivity index (χ2v) is 5.87. The molecule has 0 radical (unpaired) electrons. The molecule has 0 aromatic heterocycles. The smallest absolute Gasteiger partial charge is 0.161 e. The SMILES string of the molecule is [2H]C1=C2N(C)CC[C@]2(c2ccc(OC)c(OC)c2)CC[C@@H]1O. The molecule has 1 heterocycles. The zero-order valence-electron chi connectivity index (χ0n) is 13.8. The maximum Gasteiger partial charge on any atom is 0.161 e. The van der Waals surface area contributed by atoms with Gasteiger partial charge in [0.15, 0.2) is 11.5 Å². The highest BCUT2D eigenvalue weighted by Crippen LogP contribution is 2.50. The lowest BCUT2D eigenvalue weighted by molar-refractivity contribution is 0.181.